The van der Waals surface area contributed by atoms with Gasteiger partial charge in [0.15, 0.2) is 0 Å². The fraction of sp³-hybridized carbons (Fsp3) is 0.545. The number of aromatic nitrogens is 2. The zero-order chi connectivity index (χ0) is 13.0. The number of amides is 1. The summed E-state index contributed by atoms with van der Waals surface area (Å²) < 4.78 is 15.2. The van der Waals surface area contributed by atoms with E-state index in [1.54, 1.807) is 0 Å². The Morgan fingerprint density at radius 1 is 1.50 bits per heavy atom. The zero-order valence-corrected chi connectivity index (χ0v) is 10.3. The van der Waals surface area contributed by atoms with Gasteiger partial charge in [-0.05, 0) is 12.8 Å². The van der Waals surface area contributed by atoms with Gasteiger partial charge in [0.2, 0.25) is 5.88 Å². The maximum atomic E-state index is 11.9. The van der Waals surface area contributed by atoms with Gasteiger partial charge in [-0.25, -0.2) is 4.98 Å². The molecule has 1 aromatic heterocycles. The third-order valence-electron chi connectivity index (χ3n) is 2.59. The normalized spacial score (nSPS) is 18.4. The summed E-state index contributed by atoms with van der Waals surface area (Å²) in [7, 11) is 2.92. The van der Waals surface area contributed by atoms with E-state index in [1.807, 2.05) is 0 Å². The number of nitrogens with zero attached hydrogens (tertiary/aromatic N) is 2. The molecular formula is C11H15N3O4. The minimum Gasteiger partial charge on any atom is -0.479 e. The van der Waals surface area contributed by atoms with Gasteiger partial charge in [0.25, 0.3) is 5.91 Å². The molecule has 1 aliphatic heterocycles. The molecule has 1 atom stereocenters. The molecule has 1 saturated heterocycles. The van der Waals surface area contributed by atoms with Crippen molar-refractivity contribution < 1.29 is 19.0 Å². The van der Waals surface area contributed by atoms with E-state index in [1.165, 1.54) is 20.4 Å². The molecule has 1 N–H and O–H groups in total. The van der Waals surface area contributed by atoms with E-state index >= 15 is 0 Å². The maximum absolute atomic E-state index is 11.9. The van der Waals surface area contributed by atoms with Crippen molar-refractivity contribution in [1.29, 1.82) is 0 Å². The van der Waals surface area contributed by atoms with E-state index < -0.39 is 6.10 Å². The van der Waals surface area contributed by atoms with Gasteiger partial charge in [-0.1, -0.05) is 0 Å². The molecular weight excluding hydrogens is 238 g/mol. The SMILES string of the molecule is COc1ncc(NC(=O)C2CCCO2)c(OC)n1. The summed E-state index contributed by atoms with van der Waals surface area (Å²) in [6.45, 7) is 0.619. The van der Waals surface area contributed by atoms with E-state index in [9.17, 15) is 4.79 Å². The Labute approximate surface area is 104 Å². The largest absolute Gasteiger partial charge is 0.479 e. The van der Waals surface area contributed by atoms with Crippen LogP contribution >= 0.6 is 0 Å². The van der Waals surface area contributed by atoms with E-state index in [-0.39, 0.29) is 17.8 Å². The minimum absolute atomic E-state index is 0.182. The van der Waals surface area contributed by atoms with Crippen molar-refractivity contribution >= 4 is 11.6 Å². The zero-order valence-electron chi connectivity index (χ0n) is 10.3. The van der Waals surface area contributed by atoms with Crippen molar-refractivity contribution in [2.45, 2.75) is 18.9 Å². The van der Waals surface area contributed by atoms with Gasteiger partial charge >= 0.3 is 6.01 Å². The van der Waals surface area contributed by atoms with Crippen LogP contribution in [0.2, 0.25) is 0 Å². The van der Waals surface area contributed by atoms with Gasteiger partial charge in [-0.15, -0.1) is 0 Å². The predicted molar refractivity (Wildman–Crippen MR) is 62.7 cm³/mol. The summed E-state index contributed by atoms with van der Waals surface area (Å²) in [5, 5.41) is 2.69. The van der Waals surface area contributed by atoms with Crippen molar-refractivity contribution in [3.05, 3.63) is 6.20 Å². The molecule has 2 heterocycles. The van der Waals surface area contributed by atoms with Gasteiger partial charge < -0.3 is 19.5 Å². The van der Waals surface area contributed by atoms with E-state index in [2.05, 4.69) is 15.3 Å². The molecule has 1 aromatic rings. The Hall–Kier alpha value is -1.89. The topological polar surface area (TPSA) is 82.6 Å². The van der Waals surface area contributed by atoms with Gasteiger partial charge in [0.05, 0.1) is 20.4 Å². The monoisotopic (exact) mass is 253 g/mol. The summed E-state index contributed by atoms with van der Waals surface area (Å²) in [6.07, 6.45) is 2.66. The molecule has 18 heavy (non-hydrogen) atoms. The minimum atomic E-state index is -0.406. The summed E-state index contributed by atoms with van der Waals surface area (Å²) in [6, 6.07) is 0.182. The van der Waals surface area contributed by atoms with Gasteiger partial charge in [0, 0.05) is 6.61 Å². The first-order chi connectivity index (χ1) is 8.74. The van der Waals surface area contributed by atoms with Crippen molar-refractivity contribution in [2.24, 2.45) is 0 Å². The molecule has 2 rings (SSSR count). The molecule has 7 nitrogen and oxygen atoms in total. The Balaban J connectivity index is 2.10. The fourth-order valence-electron chi connectivity index (χ4n) is 1.69. The molecule has 7 heteroatoms. The Morgan fingerprint density at radius 3 is 2.94 bits per heavy atom. The first-order valence-electron chi connectivity index (χ1n) is 5.62. The lowest BCUT2D eigenvalue weighted by Crippen LogP contribution is -2.27. The number of ether oxygens (including phenoxy) is 3. The molecule has 1 fully saturated rings. The lowest BCUT2D eigenvalue weighted by molar-refractivity contribution is -0.124. The van der Waals surface area contributed by atoms with Crippen LogP contribution in [0.4, 0.5) is 5.69 Å². The van der Waals surface area contributed by atoms with E-state index in [4.69, 9.17) is 14.2 Å². The molecule has 1 aliphatic rings. The summed E-state index contributed by atoms with van der Waals surface area (Å²) >= 11 is 0. The van der Waals surface area contributed by atoms with Gasteiger partial charge in [0.1, 0.15) is 11.8 Å². The highest BCUT2D eigenvalue weighted by atomic mass is 16.5. The van der Waals surface area contributed by atoms with Crippen LogP contribution in [0.1, 0.15) is 12.8 Å². The maximum Gasteiger partial charge on any atom is 0.319 e. The summed E-state index contributed by atoms with van der Waals surface area (Å²) in [5.74, 6) is 0.0489. The first kappa shape index (κ1) is 12.6. The second kappa shape index (κ2) is 5.63. The predicted octanol–water partition coefficient (Wildman–Crippen LogP) is 0.611. The number of hydrogen-bond acceptors (Lipinski definition) is 6. The number of carbonyl (C=O) groups is 1. The Kier molecular flexibility index (Phi) is 3.93. The second-order valence-electron chi connectivity index (χ2n) is 3.77. The first-order valence-corrected chi connectivity index (χ1v) is 5.62. The van der Waals surface area contributed by atoms with Crippen LogP contribution in [0.5, 0.6) is 11.9 Å². The number of carbonyl (C=O) groups excluding carboxylic acids is 1. The van der Waals surface area contributed by atoms with Crippen LogP contribution < -0.4 is 14.8 Å². The van der Waals surface area contributed by atoms with E-state index in [0.717, 1.165) is 12.8 Å². The molecule has 1 unspecified atom stereocenters. The lowest BCUT2D eigenvalue weighted by atomic mass is 10.2. The van der Waals surface area contributed by atoms with Crippen LogP contribution in [-0.4, -0.2) is 42.8 Å². The third-order valence-corrected chi connectivity index (χ3v) is 2.59. The van der Waals surface area contributed by atoms with Crippen LogP contribution in [-0.2, 0) is 9.53 Å². The van der Waals surface area contributed by atoms with Crippen molar-refractivity contribution in [1.82, 2.24) is 9.97 Å². The molecule has 0 aliphatic carbocycles. The standard InChI is InChI=1S/C11H15N3O4/c1-16-10-7(6-12-11(14-10)17-2)13-9(15)8-4-3-5-18-8/h6,8H,3-5H2,1-2H3,(H,13,15). The molecule has 1 amide bonds. The lowest BCUT2D eigenvalue weighted by Gasteiger charge is -2.12. The summed E-state index contributed by atoms with van der Waals surface area (Å²) in [5.41, 5.74) is 0.402. The number of methoxy groups -OCH3 is 2. The molecule has 0 saturated carbocycles. The quantitative estimate of drug-likeness (QED) is 0.846. The molecule has 0 aromatic carbocycles. The van der Waals surface area contributed by atoms with Crippen molar-refractivity contribution in [3.63, 3.8) is 0 Å². The van der Waals surface area contributed by atoms with Crippen LogP contribution in [0.15, 0.2) is 6.20 Å². The van der Waals surface area contributed by atoms with Crippen LogP contribution in [0.3, 0.4) is 0 Å². The summed E-state index contributed by atoms with van der Waals surface area (Å²) in [4.78, 5) is 19.8. The highest BCUT2D eigenvalue weighted by molar-refractivity contribution is 5.95. The Bertz CT molecular complexity index is 432. The number of hydrogen-bond donors (Lipinski definition) is 1. The smallest absolute Gasteiger partial charge is 0.319 e. The average Bonchev–Trinajstić information content (AvgIpc) is 2.93. The number of anilines is 1. The highest BCUT2D eigenvalue weighted by Gasteiger charge is 2.24. The molecule has 0 spiro atoms. The average molecular weight is 253 g/mol. The van der Waals surface area contributed by atoms with Crippen molar-refractivity contribution in [2.75, 3.05) is 26.1 Å². The molecule has 0 bridgehead atoms. The highest BCUT2D eigenvalue weighted by Crippen LogP contribution is 2.23. The fourth-order valence-corrected chi connectivity index (χ4v) is 1.69. The molecule has 98 valence electrons. The number of nitrogens with one attached hydrogen (secondary N) is 1. The van der Waals surface area contributed by atoms with Gasteiger partial charge in [-0.3, -0.25) is 4.79 Å². The second-order valence-corrected chi connectivity index (χ2v) is 3.77. The van der Waals surface area contributed by atoms with E-state index in [0.29, 0.717) is 12.3 Å². The number of rotatable bonds is 4. The molecule has 0 radical (unpaired) electrons. The van der Waals surface area contributed by atoms with Gasteiger partial charge in [-0.2, -0.15) is 4.98 Å². The van der Waals surface area contributed by atoms with Crippen LogP contribution in [0.25, 0.3) is 0 Å². The third kappa shape index (κ3) is 2.67. The van der Waals surface area contributed by atoms with Crippen LogP contribution in [0, 0.1) is 0 Å². The Morgan fingerprint density at radius 2 is 2.33 bits per heavy atom. The van der Waals surface area contributed by atoms with Crippen molar-refractivity contribution in [3.8, 4) is 11.9 Å².